The van der Waals surface area contributed by atoms with Gasteiger partial charge in [-0.2, -0.15) is 16.4 Å². The van der Waals surface area contributed by atoms with Crippen molar-refractivity contribution in [2.24, 2.45) is 0 Å². The first-order valence-electron chi connectivity index (χ1n) is 8.37. The number of hydrogen-bond acceptors (Lipinski definition) is 0. The highest BCUT2D eigenvalue weighted by Gasteiger charge is 2.31. The first-order valence-corrected chi connectivity index (χ1v) is 8.37. The maximum absolute atomic E-state index is 2.36. The molecule has 0 atom stereocenters. The average Bonchev–Trinajstić information content (AvgIpc) is 3.20. The number of benzene rings is 3. The first-order chi connectivity index (χ1) is 11.9. The Morgan fingerprint density at radius 3 is 1.08 bits per heavy atom. The van der Waals surface area contributed by atoms with E-state index in [0.717, 1.165) is 0 Å². The van der Waals surface area contributed by atoms with Crippen LogP contribution in [0.15, 0.2) is 116 Å². The van der Waals surface area contributed by atoms with Crippen molar-refractivity contribution in [1.82, 2.24) is 4.48 Å². The third-order valence-electron chi connectivity index (χ3n) is 4.92. The molecule has 0 N–H and O–H groups in total. The number of aromatic nitrogens is 1. The van der Waals surface area contributed by atoms with Gasteiger partial charge in [-0.15, -0.1) is 0 Å². The standard InChI is InChI=1S/C22H19BN/c1-4-12-20(13-5-1)23(24-18-10-11-19-24,21-14-6-2-7-15-21)22-16-8-3-9-17-22/h1-19H/q-1. The molecule has 4 rings (SSSR count). The molecule has 0 radical (unpaired) electrons. The normalized spacial score (nSPS) is 11.3. The Morgan fingerprint density at radius 1 is 0.417 bits per heavy atom. The van der Waals surface area contributed by atoms with E-state index in [4.69, 9.17) is 0 Å². The average molecular weight is 308 g/mol. The van der Waals surface area contributed by atoms with Crippen LogP contribution in [0.5, 0.6) is 0 Å². The third-order valence-corrected chi connectivity index (χ3v) is 4.92. The summed E-state index contributed by atoms with van der Waals surface area (Å²) in [7, 11) is 0. The molecule has 2 heteroatoms. The Hall–Kier alpha value is -3.00. The topological polar surface area (TPSA) is 4.93 Å². The van der Waals surface area contributed by atoms with E-state index in [1.807, 2.05) is 0 Å². The Morgan fingerprint density at radius 2 is 0.750 bits per heavy atom. The number of nitrogens with zero attached hydrogens (tertiary/aromatic N) is 1. The van der Waals surface area contributed by atoms with Crippen molar-refractivity contribution in [1.29, 1.82) is 0 Å². The molecular weight excluding hydrogens is 289 g/mol. The number of rotatable bonds is 4. The van der Waals surface area contributed by atoms with Gasteiger partial charge in [-0.3, -0.25) is 0 Å². The molecule has 0 spiro atoms. The maximum Gasteiger partial charge on any atom is 0.172 e. The minimum atomic E-state index is -1.26. The SMILES string of the molecule is c1ccc([B-](c2ccccc2)(c2ccccc2)n2cccc2)cc1. The van der Waals surface area contributed by atoms with E-state index in [0.29, 0.717) is 0 Å². The van der Waals surface area contributed by atoms with Gasteiger partial charge >= 0.3 is 0 Å². The lowest BCUT2D eigenvalue weighted by molar-refractivity contribution is 1.19. The molecule has 24 heavy (non-hydrogen) atoms. The van der Waals surface area contributed by atoms with Gasteiger partial charge in [-0.1, -0.05) is 91.0 Å². The molecule has 0 aliphatic carbocycles. The summed E-state index contributed by atoms with van der Waals surface area (Å²) in [5.41, 5.74) is 3.93. The zero-order chi connectivity index (χ0) is 16.2. The summed E-state index contributed by atoms with van der Waals surface area (Å²) in [6, 6.07) is 36.6. The van der Waals surface area contributed by atoms with Gasteiger partial charge in [0.1, 0.15) is 0 Å². The second-order valence-electron chi connectivity index (χ2n) is 6.18. The lowest BCUT2D eigenvalue weighted by Crippen LogP contribution is -2.71. The fourth-order valence-electron chi connectivity index (χ4n) is 3.89. The summed E-state index contributed by atoms with van der Waals surface area (Å²) < 4.78 is 2.36. The Bertz CT molecular complexity index is 788. The molecule has 0 aliphatic rings. The summed E-state index contributed by atoms with van der Waals surface area (Å²) in [4.78, 5) is 0. The molecule has 4 aromatic rings. The lowest BCUT2D eigenvalue weighted by Gasteiger charge is -2.45. The summed E-state index contributed by atoms with van der Waals surface area (Å²) in [6.07, 6.45) is 3.09. The molecule has 1 nitrogen and oxygen atoms in total. The Labute approximate surface area is 143 Å². The van der Waals surface area contributed by atoms with Crippen molar-refractivity contribution in [2.75, 3.05) is 0 Å². The van der Waals surface area contributed by atoms with Crippen LogP contribution in [0.2, 0.25) is 0 Å². The molecule has 0 aliphatic heterocycles. The molecule has 116 valence electrons. The van der Waals surface area contributed by atoms with Crippen LogP contribution in [0.3, 0.4) is 0 Å². The van der Waals surface area contributed by atoms with Gasteiger partial charge in [-0.05, 0) is 24.5 Å². The van der Waals surface area contributed by atoms with Crippen LogP contribution in [0.1, 0.15) is 0 Å². The molecular formula is C22H19BN-. The van der Waals surface area contributed by atoms with Crippen LogP contribution in [-0.2, 0) is 0 Å². The molecule has 0 unspecified atom stereocenters. The molecule has 0 bridgehead atoms. The minimum Gasteiger partial charge on any atom is -0.517 e. The molecule has 3 aromatic carbocycles. The van der Waals surface area contributed by atoms with Gasteiger partial charge in [0.05, 0.1) is 0 Å². The fourth-order valence-corrected chi connectivity index (χ4v) is 3.89. The lowest BCUT2D eigenvalue weighted by atomic mass is 9.24. The van der Waals surface area contributed by atoms with E-state index in [1.54, 1.807) is 0 Å². The van der Waals surface area contributed by atoms with Crippen molar-refractivity contribution >= 4 is 22.7 Å². The predicted molar refractivity (Wildman–Crippen MR) is 104 cm³/mol. The van der Waals surface area contributed by atoms with Crippen molar-refractivity contribution in [3.63, 3.8) is 0 Å². The van der Waals surface area contributed by atoms with Crippen molar-refractivity contribution in [2.45, 2.75) is 0 Å². The van der Waals surface area contributed by atoms with E-state index in [1.165, 1.54) is 16.4 Å². The predicted octanol–water partition coefficient (Wildman–Crippen LogP) is 3.00. The molecule has 1 heterocycles. The highest BCUT2D eigenvalue weighted by Crippen LogP contribution is 2.11. The first kappa shape index (κ1) is 14.6. The van der Waals surface area contributed by atoms with Gasteiger partial charge in [0, 0.05) is 0 Å². The maximum atomic E-state index is 2.36. The zero-order valence-corrected chi connectivity index (χ0v) is 13.5. The van der Waals surface area contributed by atoms with E-state index in [2.05, 4.69) is 120 Å². The molecule has 0 saturated heterocycles. The van der Waals surface area contributed by atoms with Crippen LogP contribution in [0.25, 0.3) is 0 Å². The second-order valence-corrected chi connectivity index (χ2v) is 6.18. The molecule has 0 saturated carbocycles. The summed E-state index contributed by atoms with van der Waals surface area (Å²) in [6.45, 7) is 0. The fraction of sp³-hybridized carbons (Fsp3) is 0. The smallest absolute Gasteiger partial charge is 0.172 e. The van der Waals surface area contributed by atoms with Gasteiger partial charge in [0.2, 0.25) is 0 Å². The van der Waals surface area contributed by atoms with Crippen molar-refractivity contribution in [3.8, 4) is 0 Å². The van der Waals surface area contributed by atoms with Crippen LogP contribution in [0.4, 0.5) is 0 Å². The van der Waals surface area contributed by atoms with Gasteiger partial charge < -0.3 is 4.48 Å². The molecule has 0 fully saturated rings. The van der Waals surface area contributed by atoms with E-state index in [-0.39, 0.29) is 0 Å². The van der Waals surface area contributed by atoms with Gasteiger partial charge in [0.15, 0.2) is 6.28 Å². The second kappa shape index (κ2) is 6.25. The van der Waals surface area contributed by atoms with Crippen LogP contribution >= 0.6 is 0 Å². The summed E-state index contributed by atoms with van der Waals surface area (Å²) in [5.74, 6) is 0. The van der Waals surface area contributed by atoms with E-state index in [9.17, 15) is 0 Å². The van der Waals surface area contributed by atoms with Crippen LogP contribution < -0.4 is 16.4 Å². The zero-order valence-electron chi connectivity index (χ0n) is 13.5. The highest BCUT2D eigenvalue weighted by atomic mass is 14.9. The molecule has 1 aromatic heterocycles. The quantitative estimate of drug-likeness (QED) is 0.511. The van der Waals surface area contributed by atoms with Crippen molar-refractivity contribution < 1.29 is 0 Å². The minimum absolute atomic E-state index is 1.26. The van der Waals surface area contributed by atoms with E-state index >= 15 is 0 Å². The summed E-state index contributed by atoms with van der Waals surface area (Å²) >= 11 is 0. The Kier molecular flexibility index (Phi) is 3.80. The van der Waals surface area contributed by atoms with Crippen LogP contribution in [0, 0.1) is 0 Å². The van der Waals surface area contributed by atoms with Gasteiger partial charge in [0.25, 0.3) is 0 Å². The third kappa shape index (κ3) is 2.28. The van der Waals surface area contributed by atoms with Crippen LogP contribution in [-0.4, -0.2) is 10.8 Å². The molecule has 0 amide bonds. The summed E-state index contributed by atoms with van der Waals surface area (Å²) in [5, 5.41) is 0. The monoisotopic (exact) mass is 308 g/mol. The van der Waals surface area contributed by atoms with E-state index < -0.39 is 6.28 Å². The largest absolute Gasteiger partial charge is 0.517 e. The number of hydrogen-bond donors (Lipinski definition) is 0. The van der Waals surface area contributed by atoms with Crippen molar-refractivity contribution in [3.05, 3.63) is 116 Å². The highest BCUT2D eigenvalue weighted by molar-refractivity contribution is 7.10. The Balaban J connectivity index is 2.12. The van der Waals surface area contributed by atoms with Gasteiger partial charge in [-0.25, -0.2) is 0 Å².